The maximum atomic E-state index is 13.2. The molecule has 0 saturated carbocycles. The Morgan fingerprint density at radius 2 is 1.29 bits per heavy atom. The summed E-state index contributed by atoms with van der Waals surface area (Å²) < 4.78 is 11.0. The van der Waals surface area contributed by atoms with Crippen molar-refractivity contribution in [2.45, 2.75) is 32.6 Å². The molecule has 2 amide bonds. The molecule has 3 aromatic carbocycles. The van der Waals surface area contributed by atoms with Gasteiger partial charge < -0.3 is 14.4 Å². The van der Waals surface area contributed by atoms with Crippen LogP contribution in [0, 0.1) is 0 Å². The van der Waals surface area contributed by atoms with Gasteiger partial charge in [-0.2, -0.15) is 0 Å². The van der Waals surface area contributed by atoms with Crippen LogP contribution in [-0.4, -0.2) is 35.1 Å². The first-order valence-electron chi connectivity index (χ1n) is 11.1. The largest absolute Gasteiger partial charge is 0.444 e. The topological polar surface area (TPSA) is 71.4 Å². The average Bonchev–Trinajstić information content (AvgIpc) is 3.13. The van der Waals surface area contributed by atoms with Gasteiger partial charge in [0.05, 0.1) is 5.54 Å². The van der Waals surface area contributed by atoms with E-state index in [0.717, 1.165) is 16.8 Å². The van der Waals surface area contributed by atoms with Crippen LogP contribution in [0.25, 0.3) is 0 Å². The van der Waals surface area contributed by atoms with Crippen LogP contribution in [0.5, 0.6) is 0 Å². The minimum absolute atomic E-state index is 0.0869. The highest BCUT2D eigenvalue weighted by Crippen LogP contribution is 2.31. The first kappa shape index (κ1) is 23.0. The number of amides is 2. The maximum absolute atomic E-state index is 13.2. The first-order valence-corrected chi connectivity index (χ1v) is 11.1. The van der Waals surface area contributed by atoms with E-state index in [0.29, 0.717) is 6.54 Å². The van der Waals surface area contributed by atoms with Crippen molar-refractivity contribution in [1.29, 1.82) is 0 Å². The van der Waals surface area contributed by atoms with Gasteiger partial charge in [-0.05, 0) is 37.1 Å². The molecule has 1 saturated heterocycles. The third-order valence-corrected chi connectivity index (χ3v) is 5.44. The molecule has 34 heavy (non-hydrogen) atoms. The summed E-state index contributed by atoms with van der Waals surface area (Å²) in [6.07, 6.45) is -1.36. The van der Waals surface area contributed by atoms with Crippen molar-refractivity contribution in [3.8, 4) is 0 Å². The summed E-state index contributed by atoms with van der Waals surface area (Å²) in [4.78, 5) is 33.4. The van der Waals surface area contributed by atoms with Crippen LogP contribution >= 0.6 is 0 Å². The van der Waals surface area contributed by atoms with E-state index < -0.39 is 17.7 Å². The Balaban J connectivity index is 1.59. The molecule has 0 unspecified atom stereocenters. The second-order valence-corrected chi connectivity index (χ2v) is 8.56. The molecular formula is C27H27N3O4. The zero-order valence-electron chi connectivity index (χ0n) is 19.3. The number of guanidine groups is 1. The summed E-state index contributed by atoms with van der Waals surface area (Å²) in [7, 11) is 0. The number of hydrogen-bond acceptors (Lipinski definition) is 4. The van der Waals surface area contributed by atoms with Gasteiger partial charge in [-0.1, -0.05) is 78.9 Å². The van der Waals surface area contributed by atoms with Crippen molar-refractivity contribution in [2.24, 2.45) is 4.99 Å². The number of hydrogen-bond donors (Lipinski definition) is 0. The molecule has 3 aromatic rings. The van der Waals surface area contributed by atoms with Crippen molar-refractivity contribution in [3.63, 3.8) is 0 Å². The normalized spacial score (nSPS) is 15.9. The first-order chi connectivity index (χ1) is 16.4. The highest BCUT2D eigenvalue weighted by molar-refractivity contribution is 6.10. The molecule has 0 aliphatic carbocycles. The monoisotopic (exact) mass is 457 g/mol. The lowest BCUT2D eigenvalue weighted by Gasteiger charge is -2.28. The predicted octanol–water partition coefficient (Wildman–Crippen LogP) is 5.62. The van der Waals surface area contributed by atoms with Gasteiger partial charge in [-0.25, -0.2) is 14.5 Å². The molecule has 7 nitrogen and oxygen atoms in total. The molecule has 1 fully saturated rings. The van der Waals surface area contributed by atoms with Crippen LogP contribution in [0.15, 0.2) is 96.0 Å². The highest BCUT2D eigenvalue weighted by atomic mass is 16.6. The number of carbonyl (C=O) groups excluding carboxylic acids is 2. The van der Waals surface area contributed by atoms with E-state index in [1.807, 2.05) is 110 Å². The van der Waals surface area contributed by atoms with E-state index >= 15 is 0 Å². The molecule has 1 heterocycles. The number of ether oxygens (including phenoxy) is 2. The Kier molecular flexibility index (Phi) is 6.92. The fourth-order valence-electron chi connectivity index (χ4n) is 3.79. The lowest BCUT2D eigenvalue weighted by atomic mass is 10.1. The molecule has 0 spiro atoms. The van der Waals surface area contributed by atoms with E-state index in [2.05, 4.69) is 4.99 Å². The Morgan fingerprint density at radius 1 is 0.794 bits per heavy atom. The van der Waals surface area contributed by atoms with Crippen molar-refractivity contribution in [2.75, 3.05) is 11.4 Å². The molecular weight excluding hydrogens is 430 g/mol. The Morgan fingerprint density at radius 3 is 1.85 bits per heavy atom. The van der Waals surface area contributed by atoms with Gasteiger partial charge in [0.15, 0.2) is 0 Å². The lowest BCUT2D eigenvalue weighted by molar-refractivity contribution is 0.0975. The fraction of sp³-hybridized carbons (Fsp3) is 0.222. The van der Waals surface area contributed by atoms with Gasteiger partial charge in [-0.15, -0.1) is 4.99 Å². The zero-order chi connectivity index (χ0) is 24.0. The van der Waals surface area contributed by atoms with Crippen LogP contribution in [0.3, 0.4) is 0 Å². The van der Waals surface area contributed by atoms with Crippen LogP contribution in [0.1, 0.15) is 25.0 Å². The number of benzene rings is 3. The quantitative estimate of drug-likeness (QED) is 0.498. The highest BCUT2D eigenvalue weighted by Gasteiger charge is 2.47. The Bertz CT molecular complexity index is 1150. The van der Waals surface area contributed by atoms with E-state index in [1.165, 1.54) is 4.90 Å². The molecule has 1 aliphatic rings. The molecule has 7 heteroatoms. The Hall–Kier alpha value is -4.13. The number of para-hydroxylation sites is 1. The third-order valence-electron chi connectivity index (χ3n) is 5.44. The summed E-state index contributed by atoms with van der Waals surface area (Å²) >= 11 is 0. The van der Waals surface area contributed by atoms with Crippen molar-refractivity contribution in [1.82, 2.24) is 4.90 Å². The van der Waals surface area contributed by atoms with Crippen molar-refractivity contribution in [3.05, 3.63) is 102 Å². The lowest BCUT2D eigenvalue weighted by Crippen LogP contribution is -2.47. The van der Waals surface area contributed by atoms with E-state index in [-0.39, 0.29) is 19.2 Å². The van der Waals surface area contributed by atoms with Crippen molar-refractivity contribution >= 4 is 23.8 Å². The molecule has 174 valence electrons. The molecule has 0 atom stereocenters. The van der Waals surface area contributed by atoms with Gasteiger partial charge >= 0.3 is 12.2 Å². The summed E-state index contributed by atoms with van der Waals surface area (Å²) in [5, 5.41) is 0. The Labute approximate surface area is 199 Å². The second kappa shape index (κ2) is 10.2. The third kappa shape index (κ3) is 5.43. The van der Waals surface area contributed by atoms with E-state index in [1.54, 1.807) is 0 Å². The minimum atomic E-state index is -0.779. The van der Waals surface area contributed by atoms with Gasteiger partial charge in [0, 0.05) is 12.2 Å². The van der Waals surface area contributed by atoms with Gasteiger partial charge in [-0.3, -0.25) is 0 Å². The molecule has 4 rings (SSSR count). The smallest absolute Gasteiger partial charge is 0.437 e. The van der Waals surface area contributed by atoms with E-state index in [9.17, 15) is 9.59 Å². The standard InChI is InChI=1S/C27H27N3O4/c1-27(2)20-29(23-16-10-5-11-17-23)24(28-25(31)33-18-21-12-6-3-7-13-21)30(27)26(32)34-19-22-14-8-4-9-15-22/h3-17H,18-20H2,1-2H3/b28-24+. The van der Waals surface area contributed by atoms with Gasteiger partial charge in [0.1, 0.15) is 13.2 Å². The number of aliphatic imine (C=N–C) groups is 1. The van der Waals surface area contributed by atoms with Gasteiger partial charge in [0.2, 0.25) is 5.96 Å². The van der Waals surface area contributed by atoms with Crippen LogP contribution in [0.4, 0.5) is 15.3 Å². The number of nitrogens with zero attached hydrogens (tertiary/aromatic N) is 3. The fourth-order valence-corrected chi connectivity index (χ4v) is 3.79. The van der Waals surface area contributed by atoms with Crippen LogP contribution < -0.4 is 4.90 Å². The molecule has 1 aliphatic heterocycles. The SMILES string of the molecule is CC1(C)CN(c2ccccc2)/C(=N\C(=O)OCc2ccccc2)N1C(=O)OCc1ccccc1. The van der Waals surface area contributed by atoms with E-state index in [4.69, 9.17) is 9.47 Å². The number of anilines is 1. The van der Waals surface area contributed by atoms with Crippen LogP contribution in [-0.2, 0) is 22.7 Å². The maximum Gasteiger partial charge on any atom is 0.437 e. The molecule has 0 aromatic heterocycles. The number of rotatable bonds is 5. The molecule has 0 N–H and O–H groups in total. The summed E-state index contributed by atoms with van der Waals surface area (Å²) in [6, 6.07) is 28.3. The predicted molar refractivity (Wildman–Crippen MR) is 130 cm³/mol. The van der Waals surface area contributed by atoms with Crippen LogP contribution in [0.2, 0.25) is 0 Å². The minimum Gasteiger partial charge on any atom is -0.444 e. The average molecular weight is 458 g/mol. The summed E-state index contributed by atoms with van der Waals surface area (Å²) in [6.45, 7) is 4.45. The summed E-state index contributed by atoms with van der Waals surface area (Å²) in [5.74, 6) is 0.173. The van der Waals surface area contributed by atoms with Gasteiger partial charge in [0.25, 0.3) is 0 Å². The second-order valence-electron chi connectivity index (χ2n) is 8.56. The molecule has 0 bridgehead atoms. The summed E-state index contributed by atoms with van der Waals surface area (Å²) in [5.41, 5.74) is 1.85. The zero-order valence-corrected chi connectivity index (χ0v) is 19.3. The van der Waals surface area contributed by atoms with Crippen molar-refractivity contribution < 1.29 is 19.1 Å². The molecule has 0 radical (unpaired) electrons. The number of carbonyl (C=O) groups is 2.